The van der Waals surface area contributed by atoms with Crippen molar-refractivity contribution in [2.24, 2.45) is 5.92 Å². The Morgan fingerprint density at radius 1 is 1.44 bits per heavy atom. The van der Waals surface area contributed by atoms with Gasteiger partial charge in [-0.1, -0.05) is 0 Å². The number of carbonyl (C=O) groups excluding carboxylic acids is 1. The Hall–Kier alpha value is -1.36. The Morgan fingerprint density at radius 3 is 2.83 bits per heavy atom. The molecule has 5 nitrogen and oxygen atoms in total. The molecule has 1 N–H and O–H groups in total. The molecular formula is C13H22N4O. The van der Waals surface area contributed by atoms with Crippen LogP contribution < -0.4 is 5.32 Å². The summed E-state index contributed by atoms with van der Waals surface area (Å²) in [6.07, 6.45) is 6.14. The lowest BCUT2D eigenvalue weighted by Crippen LogP contribution is -2.42. The standard InChI is InChI=1S/C13H22N4O/c1-2-14-13(18)11-16-8-4-12(5-9-16)10-17-7-3-6-15-17/h3,6-7,12H,2,4-5,8-11H2,1H3,(H,14,18). The van der Waals surface area contributed by atoms with Gasteiger partial charge in [-0.3, -0.25) is 14.4 Å². The lowest BCUT2D eigenvalue weighted by atomic mass is 9.97. The van der Waals surface area contributed by atoms with Crippen LogP contribution >= 0.6 is 0 Å². The number of likely N-dealkylation sites (N-methyl/N-ethyl adjacent to an activating group) is 1. The third-order valence-electron chi connectivity index (χ3n) is 3.45. The molecule has 1 aromatic heterocycles. The van der Waals surface area contributed by atoms with Crippen LogP contribution in [0.1, 0.15) is 19.8 Å². The summed E-state index contributed by atoms with van der Waals surface area (Å²) in [5.74, 6) is 0.832. The van der Waals surface area contributed by atoms with Gasteiger partial charge in [-0.15, -0.1) is 0 Å². The fraction of sp³-hybridized carbons (Fsp3) is 0.692. The van der Waals surface area contributed by atoms with Gasteiger partial charge in [0.05, 0.1) is 6.54 Å². The SMILES string of the molecule is CCNC(=O)CN1CCC(Cn2cccn2)CC1. The third kappa shape index (κ3) is 3.84. The lowest BCUT2D eigenvalue weighted by Gasteiger charge is -2.31. The minimum Gasteiger partial charge on any atom is -0.355 e. The largest absolute Gasteiger partial charge is 0.355 e. The van der Waals surface area contributed by atoms with Crippen LogP contribution in [-0.2, 0) is 11.3 Å². The Labute approximate surface area is 108 Å². The minimum atomic E-state index is 0.142. The number of rotatable bonds is 5. The normalized spacial score (nSPS) is 17.8. The summed E-state index contributed by atoms with van der Waals surface area (Å²) in [7, 11) is 0. The number of aromatic nitrogens is 2. The van der Waals surface area contributed by atoms with Crippen LogP contribution in [0, 0.1) is 5.92 Å². The lowest BCUT2D eigenvalue weighted by molar-refractivity contribution is -0.122. The maximum atomic E-state index is 11.5. The molecule has 0 spiro atoms. The maximum absolute atomic E-state index is 11.5. The van der Waals surface area contributed by atoms with Crippen LogP contribution in [0.2, 0.25) is 0 Å². The zero-order chi connectivity index (χ0) is 12.8. The average molecular weight is 250 g/mol. The van der Waals surface area contributed by atoms with Crippen molar-refractivity contribution < 1.29 is 4.79 Å². The molecule has 1 aliphatic heterocycles. The molecule has 18 heavy (non-hydrogen) atoms. The van der Waals surface area contributed by atoms with Crippen molar-refractivity contribution in [3.63, 3.8) is 0 Å². The highest BCUT2D eigenvalue weighted by Crippen LogP contribution is 2.18. The highest BCUT2D eigenvalue weighted by Gasteiger charge is 2.20. The van der Waals surface area contributed by atoms with Crippen molar-refractivity contribution in [3.05, 3.63) is 18.5 Å². The minimum absolute atomic E-state index is 0.142. The highest BCUT2D eigenvalue weighted by molar-refractivity contribution is 5.77. The maximum Gasteiger partial charge on any atom is 0.234 e. The van der Waals surface area contributed by atoms with Gasteiger partial charge in [0, 0.05) is 25.5 Å². The summed E-state index contributed by atoms with van der Waals surface area (Å²) in [5, 5.41) is 7.09. The summed E-state index contributed by atoms with van der Waals surface area (Å²) < 4.78 is 2.00. The zero-order valence-electron chi connectivity index (χ0n) is 11.0. The first-order valence-corrected chi connectivity index (χ1v) is 6.74. The van der Waals surface area contributed by atoms with E-state index in [1.54, 1.807) is 0 Å². The number of amides is 1. The molecule has 5 heteroatoms. The third-order valence-corrected chi connectivity index (χ3v) is 3.45. The van der Waals surface area contributed by atoms with Crippen LogP contribution in [0.5, 0.6) is 0 Å². The zero-order valence-corrected chi connectivity index (χ0v) is 11.0. The van der Waals surface area contributed by atoms with Gasteiger partial charge in [-0.2, -0.15) is 5.10 Å². The quantitative estimate of drug-likeness (QED) is 0.838. The smallest absolute Gasteiger partial charge is 0.234 e. The fourth-order valence-electron chi connectivity index (χ4n) is 2.46. The van der Waals surface area contributed by atoms with Gasteiger partial charge in [0.25, 0.3) is 0 Å². The van der Waals surface area contributed by atoms with E-state index in [-0.39, 0.29) is 5.91 Å². The Bertz CT molecular complexity index is 355. The number of nitrogens with zero attached hydrogens (tertiary/aromatic N) is 3. The van der Waals surface area contributed by atoms with E-state index < -0.39 is 0 Å². The van der Waals surface area contributed by atoms with Crippen LogP contribution in [0.3, 0.4) is 0 Å². The van der Waals surface area contributed by atoms with Crippen molar-refractivity contribution in [1.82, 2.24) is 20.0 Å². The molecule has 0 atom stereocenters. The first-order valence-electron chi connectivity index (χ1n) is 6.74. The Balaban J connectivity index is 1.69. The average Bonchev–Trinajstić information content (AvgIpc) is 2.85. The second-order valence-corrected chi connectivity index (χ2v) is 4.90. The molecule has 1 amide bonds. The van der Waals surface area contributed by atoms with Crippen molar-refractivity contribution in [3.8, 4) is 0 Å². The van der Waals surface area contributed by atoms with Crippen molar-refractivity contribution in [2.45, 2.75) is 26.3 Å². The first-order chi connectivity index (χ1) is 8.78. The predicted octanol–water partition coefficient (Wildman–Crippen LogP) is 0.731. The van der Waals surface area contributed by atoms with E-state index in [0.29, 0.717) is 19.0 Å². The van der Waals surface area contributed by atoms with Crippen molar-refractivity contribution in [2.75, 3.05) is 26.2 Å². The molecular weight excluding hydrogens is 228 g/mol. The number of likely N-dealkylation sites (tertiary alicyclic amines) is 1. The van der Waals surface area contributed by atoms with Gasteiger partial charge in [-0.05, 0) is 44.8 Å². The molecule has 0 saturated carbocycles. The summed E-state index contributed by atoms with van der Waals surface area (Å²) in [5.41, 5.74) is 0. The molecule has 0 radical (unpaired) electrons. The van der Waals surface area contributed by atoms with E-state index in [2.05, 4.69) is 15.3 Å². The second-order valence-electron chi connectivity index (χ2n) is 4.90. The summed E-state index contributed by atoms with van der Waals surface area (Å²) in [6.45, 7) is 6.25. The van der Waals surface area contributed by atoms with Crippen LogP contribution in [0.4, 0.5) is 0 Å². The summed E-state index contributed by atoms with van der Waals surface area (Å²) >= 11 is 0. The monoisotopic (exact) mass is 250 g/mol. The molecule has 1 saturated heterocycles. The van der Waals surface area contributed by atoms with Crippen molar-refractivity contribution >= 4 is 5.91 Å². The van der Waals surface area contributed by atoms with E-state index in [0.717, 1.165) is 32.5 Å². The predicted molar refractivity (Wildman–Crippen MR) is 70.1 cm³/mol. The molecule has 100 valence electrons. The highest BCUT2D eigenvalue weighted by atomic mass is 16.2. The van der Waals surface area contributed by atoms with E-state index in [9.17, 15) is 4.79 Å². The Morgan fingerprint density at radius 2 is 2.22 bits per heavy atom. The molecule has 2 rings (SSSR count). The van der Waals surface area contributed by atoms with E-state index in [1.165, 1.54) is 0 Å². The van der Waals surface area contributed by atoms with Gasteiger partial charge in [-0.25, -0.2) is 0 Å². The number of hydrogen-bond donors (Lipinski definition) is 1. The molecule has 0 aliphatic carbocycles. The van der Waals surface area contributed by atoms with Crippen molar-refractivity contribution in [1.29, 1.82) is 0 Å². The molecule has 0 aromatic carbocycles. The summed E-state index contributed by atoms with van der Waals surface area (Å²) in [6, 6.07) is 1.96. The van der Waals surface area contributed by atoms with Gasteiger partial charge >= 0.3 is 0 Å². The van der Waals surface area contributed by atoms with Crippen LogP contribution in [-0.4, -0.2) is 46.8 Å². The number of nitrogens with one attached hydrogen (secondary N) is 1. The topological polar surface area (TPSA) is 50.2 Å². The van der Waals surface area contributed by atoms with Gasteiger partial charge in [0.15, 0.2) is 0 Å². The molecule has 2 heterocycles. The van der Waals surface area contributed by atoms with Gasteiger partial charge in [0.1, 0.15) is 0 Å². The van der Waals surface area contributed by atoms with Gasteiger partial charge < -0.3 is 5.32 Å². The molecule has 0 bridgehead atoms. The van der Waals surface area contributed by atoms with Crippen LogP contribution in [0.25, 0.3) is 0 Å². The van der Waals surface area contributed by atoms with E-state index in [4.69, 9.17) is 0 Å². The number of piperidine rings is 1. The first kappa shape index (κ1) is 13.1. The summed E-state index contributed by atoms with van der Waals surface area (Å²) in [4.78, 5) is 13.7. The fourth-order valence-corrected chi connectivity index (χ4v) is 2.46. The molecule has 1 aliphatic rings. The molecule has 1 fully saturated rings. The molecule has 1 aromatic rings. The van der Waals surface area contributed by atoms with E-state index in [1.807, 2.05) is 30.1 Å². The van der Waals surface area contributed by atoms with Crippen LogP contribution in [0.15, 0.2) is 18.5 Å². The van der Waals surface area contributed by atoms with E-state index >= 15 is 0 Å². The second kappa shape index (κ2) is 6.54. The Kier molecular flexibility index (Phi) is 4.75. The van der Waals surface area contributed by atoms with Gasteiger partial charge in [0.2, 0.25) is 5.91 Å². The number of hydrogen-bond acceptors (Lipinski definition) is 3. The number of carbonyl (C=O) groups is 1. The molecule has 0 unspecified atom stereocenters.